The van der Waals surface area contributed by atoms with Gasteiger partial charge in [0.05, 0.1) is 6.10 Å². The molecule has 0 radical (unpaired) electrons. The van der Waals surface area contributed by atoms with Crippen molar-refractivity contribution in [2.24, 2.45) is 5.92 Å². The van der Waals surface area contributed by atoms with Crippen molar-refractivity contribution in [3.63, 3.8) is 0 Å². The summed E-state index contributed by atoms with van der Waals surface area (Å²) in [5, 5.41) is 0.850. The minimum atomic E-state index is -0.446. The largest absolute Gasteiger partial charge is 0.474 e. The van der Waals surface area contributed by atoms with Crippen molar-refractivity contribution in [2.45, 2.75) is 97.7 Å². The van der Waals surface area contributed by atoms with Crippen LogP contribution in [0.3, 0.4) is 0 Å². The number of allylic oxidation sites excluding steroid dienone is 2. The molecule has 1 aliphatic rings. The average Bonchev–Trinajstić information content (AvgIpc) is 3.27. The van der Waals surface area contributed by atoms with Gasteiger partial charge >= 0.3 is 5.97 Å². The van der Waals surface area contributed by atoms with E-state index in [0.717, 1.165) is 60.3 Å². The molecule has 0 saturated carbocycles. The van der Waals surface area contributed by atoms with Crippen molar-refractivity contribution in [3.8, 4) is 17.2 Å². The molecular formula is C31H40N2O4. The zero-order valence-electron chi connectivity index (χ0n) is 22.9. The molecule has 2 heterocycles. The van der Waals surface area contributed by atoms with E-state index in [1.807, 2.05) is 45.9 Å². The minimum Gasteiger partial charge on any atom is -0.474 e. The van der Waals surface area contributed by atoms with Gasteiger partial charge in [-0.25, -0.2) is 9.97 Å². The van der Waals surface area contributed by atoms with Crippen molar-refractivity contribution >= 4 is 22.6 Å². The lowest BCUT2D eigenvalue weighted by Crippen LogP contribution is -2.23. The van der Waals surface area contributed by atoms with Gasteiger partial charge in [0.2, 0.25) is 11.6 Å². The van der Waals surface area contributed by atoms with Gasteiger partial charge in [-0.3, -0.25) is 4.79 Å². The lowest BCUT2D eigenvalue weighted by Gasteiger charge is -2.21. The Morgan fingerprint density at radius 3 is 2.62 bits per heavy atom. The molecule has 0 spiro atoms. The lowest BCUT2D eigenvalue weighted by atomic mass is 9.84. The Bertz CT molecular complexity index is 1220. The Hall–Kier alpha value is -3.15. The minimum absolute atomic E-state index is 0.0653. The number of benzene rings is 1. The molecule has 2 aromatic heterocycles. The Kier molecular flexibility index (Phi) is 8.67. The fraction of sp³-hybridized carbons (Fsp3) is 0.516. The number of carbonyl (C=O) groups excluding carboxylic acids is 1. The normalized spacial score (nSPS) is 16.9. The van der Waals surface area contributed by atoms with Crippen LogP contribution in [0.2, 0.25) is 0 Å². The average molecular weight is 505 g/mol. The second-order valence-electron chi connectivity index (χ2n) is 11.1. The topological polar surface area (TPSA) is 74.5 Å². The molecule has 0 aliphatic heterocycles. The number of fused-ring (bicyclic) bond motifs is 1. The first-order valence-corrected chi connectivity index (χ1v) is 13.7. The van der Waals surface area contributed by atoms with Gasteiger partial charge in [-0.1, -0.05) is 49.8 Å². The second kappa shape index (κ2) is 11.9. The van der Waals surface area contributed by atoms with Gasteiger partial charge in [0.25, 0.3) is 0 Å². The highest BCUT2D eigenvalue weighted by Gasteiger charge is 2.27. The van der Waals surface area contributed by atoms with E-state index in [0.29, 0.717) is 18.0 Å². The highest BCUT2D eigenvalue weighted by atomic mass is 16.6. The fourth-order valence-corrected chi connectivity index (χ4v) is 4.92. The van der Waals surface area contributed by atoms with Crippen molar-refractivity contribution in [1.29, 1.82) is 0 Å². The Morgan fingerprint density at radius 1 is 1.16 bits per heavy atom. The molecule has 0 fully saturated rings. The van der Waals surface area contributed by atoms with Crippen molar-refractivity contribution < 1.29 is 18.7 Å². The number of hydrogen-bond acceptors (Lipinski definition) is 6. The summed E-state index contributed by atoms with van der Waals surface area (Å²) in [6.07, 6.45) is 11.1. The molecule has 0 bridgehead atoms. The van der Waals surface area contributed by atoms with Gasteiger partial charge in [0.1, 0.15) is 23.1 Å². The fourth-order valence-electron chi connectivity index (χ4n) is 4.92. The predicted molar refractivity (Wildman–Crippen MR) is 147 cm³/mol. The lowest BCUT2D eigenvalue weighted by molar-refractivity contribution is -0.154. The van der Waals surface area contributed by atoms with Crippen LogP contribution in [0, 0.1) is 5.92 Å². The monoisotopic (exact) mass is 504 g/mol. The summed E-state index contributed by atoms with van der Waals surface area (Å²) in [6, 6.07) is 10.2. The quantitative estimate of drug-likeness (QED) is 0.205. The van der Waals surface area contributed by atoms with Gasteiger partial charge in [-0.2, -0.15) is 0 Å². The van der Waals surface area contributed by atoms with E-state index >= 15 is 0 Å². The van der Waals surface area contributed by atoms with Crippen LogP contribution >= 0.6 is 0 Å². The zero-order chi connectivity index (χ0) is 26.4. The van der Waals surface area contributed by atoms with Crippen molar-refractivity contribution in [3.05, 3.63) is 48.3 Å². The predicted octanol–water partition coefficient (Wildman–Crippen LogP) is 8.15. The molecule has 37 heavy (non-hydrogen) atoms. The van der Waals surface area contributed by atoms with E-state index in [4.69, 9.17) is 13.9 Å². The molecule has 3 aromatic rings. The first-order valence-electron chi connectivity index (χ1n) is 13.7. The number of carbonyl (C=O) groups is 1. The van der Waals surface area contributed by atoms with E-state index < -0.39 is 5.60 Å². The van der Waals surface area contributed by atoms with Crippen LogP contribution in [0.25, 0.3) is 28.0 Å². The standard InChI is InChI=1S/C31H40N2O4/c1-6-22-16-18-23(19-17-22)26-27-29(35-21(2)12-10-11-15-25(34)37-31(3,4)5)32-20-33-30(27)36-28(26)24-13-8-7-9-14-24/h7-9,13-14,18,20-22H,6,10-12,15-17,19H2,1-5H3/t21-,22?/m1/s1. The van der Waals surface area contributed by atoms with Crippen molar-refractivity contribution in [2.75, 3.05) is 0 Å². The van der Waals surface area contributed by atoms with E-state index in [1.54, 1.807) is 0 Å². The van der Waals surface area contributed by atoms with Crippen LogP contribution in [-0.2, 0) is 9.53 Å². The third-order valence-electron chi connectivity index (χ3n) is 6.88. The molecule has 6 nitrogen and oxygen atoms in total. The number of furan rings is 1. The second-order valence-corrected chi connectivity index (χ2v) is 11.1. The zero-order valence-corrected chi connectivity index (χ0v) is 22.9. The highest BCUT2D eigenvalue weighted by molar-refractivity contribution is 5.99. The molecule has 1 aromatic carbocycles. The number of rotatable bonds is 10. The van der Waals surface area contributed by atoms with E-state index in [-0.39, 0.29) is 12.1 Å². The van der Waals surface area contributed by atoms with Crippen LogP contribution in [0.1, 0.15) is 91.5 Å². The van der Waals surface area contributed by atoms with Crippen molar-refractivity contribution in [1.82, 2.24) is 9.97 Å². The third kappa shape index (κ3) is 7.00. The number of hydrogen-bond donors (Lipinski definition) is 0. The first-order chi connectivity index (χ1) is 17.7. The molecule has 6 heteroatoms. The van der Waals surface area contributed by atoms with Gasteiger partial charge in [-0.05, 0) is 77.7 Å². The highest BCUT2D eigenvalue weighted by Crippen LogP contribution is 2.44. The molecule has 0 N–H and O–H groups in total. The maximum Gasteiger partial charge on any atom is 0.306 e. The van der Waals surface area contributed by atoms with E-state index in [2.05, 4.69) is 35.1 Å². The van der Waals surface area contributed by atoms with Crippen LogP contribution in [-0.4, -0.2) is 27.6 Å². The molecule has 4 rings (SSSR count). The summed E-state index contributed by atoms with van der Waals surface area (Å²) >= 11 is 0. The number of esters is 1. The van der Waals surface area contributed by atoms with Gasteiger partial charge < -0.3 is 13.9 Å². The molecule has 1 unspecified atom stereocenters. The molecule has 198 valence electrons. The van der Waals surface area contributed by atoms with Crippen LogP contribution in [0.4, 0.5) is 0 Å². The smallest absolute Gasteiger partial charge is 0.306 e. The third-order valence-corrected chi connectivity index (χ3v) is 6.88. The number of nitrogens with zero attached hydrogens (tertiary/aromatic N) is 2. The van der Waals surface area contributed by atoms with Gasteiger partial charge in [0.15, 0.2) is 0 Å². The summed E-state index contributed by atoms with van der Waals surface area (Å²) in [5.41, 5.74) is 3.47. The maximum absolute atomic E-state index is 12.0. The number of unbranched alkanes of at least 4 members (excludes halogenated alkanes) is 1. The summed E-state index contributed by atoms with van der Waals surface area (Å²) in [7, 11) is 0. The molecule has 1 aliphatic carbocycles. The molecular weight excluding hydrogens is 464 g/mol. The Morgan fingerprint density at radius 2 is 1.95 bits per heavy atom. The number of aromatic nitrogens is 2. The molecule has 0 saturated heterocycles. The van der Waals surface area contributed by atoms with Crippen LogP contribution < -0.4 is 4.74 Å². The van der Waals surface area contributed by atoms with Crippen LogP contribution in [0.5, 0.6) is 5.88 Å². The Balaban J connectivity index is 1.55. The van der Waals surface area contributed by atoms with Gasteiger partial charge in [0, 0.05) is 17.5 Å². The van der Waals surface area contributed by atoms with E-state index in [9.17, 15) is 4.79 Å². The van der Waals surface area contributed by atoms with E-state index in [1.165, 1.54) is 24.7 Å². The van der Waals surface area contributed by atoms with Crippen LogP contribution in [0.15, 0.2) is 47.2 Å². The summed E-state index contributed by atoms with van der Waals surface area (Å²) in [5.74, 6) is 1.96. The summed E-state index contributed by atoms with van der Waals surface area (Å²) < 4.78 is 18.1. The molecule has 0 amide bonds. The van der Waals surface area contributed by atoms with Gasteiger partial charge in [-0.15, -0.1) is 0 Å². The maximum atomic E-state index is 12.0. The molecule has 2 atom stereocenters. The first kappa shape index (κ1) is 26.9. The summed E-state index contributed by atoms with van der Waals surface area (Å²) in [6.45, 7) is 9.98. The number of ether oxygens (including phenoxy) is 2. The Labute approximate surface area is 220 Å². The SMILES string of the molecule is CCC1CC=C(c2c(-c3ccccc3)oc3ncnc(O[C@H](C)CCCCC(=O)OC(C)(C)C)c23)CC1. The summed E-state index contributed by atoms with van der Waals surface area (Å²) in [4.78, 5) is 21.0.